The summed E-state index contributed by atoms with van der Waals surface area (Å²) in [5.41, 5.74) is 2.10. The number of nitrogens with zero attached hydrogens (tertiary/aromatic N) is 1. The minimum atomic E-state index is 0.612. The van der Waals surface area contributed by atoms with Crippen LogP contribution < -0.4 is 0 Å². The summed E-state index contributed by atoms with van der Waals surface area (Å²) in [5, 5.41) is 0. The van der Waals surface area contributed by atoms with Gasteiger partial charge in [-0.3, -0.25) is 0 Å². The third kappa shape index (κ3) is 1.28. The Hall–Kier alpha value is -0.720. The van der Waals surface area contributed by atoms with Gasteiger partial charge < -0.3 is 4.57 Å². The van der Waals surface area contributed by atoms with Gasteiger partial charge in [-0.05, 0) is 35.8 Å². The fourth-order valence-electron chi connectivity index (χ4n) is 2.02. The van der Waals surface area contributed by atoms with Gasteiger partial charge >= 0.3 is 0 Å². The van der Waals surface area contributed by atoms with E-state index in [1.165, 1.54) is 18.4 Å². The van der Waals surface area contributed by atoms with Gasteiger partial charge in [-0.2, -0.15) is 0 Å². The normalized spacial score (nSPS) is 33.8. The van der Waals surface area contributed by atoms with E-state index >= 15 is 0 Å². The second kappa shape index (κ2) is 2.38. The number of rotatable bonds is 2. The van der Waals surface area contributed by atoms with Gasteiger partial charge in [-0.1, -0.05) is 13.8 Å². The zero-order valence-corrected chi connectivity index (χ0v) is 8.17. The van der Waals surface area contributed by atoms with E-state index in [4.69, 9.17) is 0 Å². The molecule has 1 saturated carbocycles. The molecule has 0 amide bonds. The molecule has 0 spiro atoms. The fourth-order valence-corrected chi connectivity index (χ4v) is 2.02. The molecule has 1 heterocycles. The number of aryl methyl sites for hydroxylation is 1. The van der Waals surface area contributed by atoms with Crippen LogP contribution in [0, 0.1) is 11.3 Å². The van der Waals surface area contributed by atoms with E-state index in [2.05, 4.69) is 43.9 Å². The first-order chi connectivity index (χ1) is 5.60. The van der Waals surface area contributed by atoms with Crippen LogP contribution in [0.2, 0.25) is 0 Å². The maximum atomic E-state index is 2.39. The molecule has 66 valence electrons. The van der Waals surface area contributed by atoms with E-state index in [0.29, 0.717) is 5.41 Å². The minimum Gasteiger partial charge on any atom is -0.357 e. The van der Waals surface area contributed by atoms with Crippen molar-refractivity contribution < 1.29 is 0 Å². The average molecular weight is 163 g/mol. The molecule has 1 aromatic heterocycles. The monoisotopic (exact) mass is 163 g/mol. The van der Waals surface area contributed by atoms with Crippen molar-refractivity contribution in [2.75, 3.05) is 0 Å². The quantitative estimate of drug-likeness (QED) is 0.631. The highest BCUT2D eigenvalue weighted by molar-refractivity contribution is 5.15. The standard InChI is InChI=1S/C11H17N/c1-9-6-11(9,2)7-10-4-5-12(3)8-10/h4-5,8-9H,6-7H2,1-3H3/t9?,11-/m1/s1. The van der Waals surface area contributed by atoms with Gasteiger partial charge in [0.25, 0.3) is 0 Å². The van der Waals surface area contributed by atoms with Crippen molar-refractivity contribution in [2.24, 2.45) is 18.4 Å². The van der Waals surface area contributed by atoms with Crippen molar-refractivity contribution in [1.29, 1.82) is 0 Å². The second-order valence-corrected chi connectivity index (χ2v) is 4.62. The average Bonchev–Trinajstić information content (AvgIpc) is 2.42. The van der Waals surface area contributed by atoms with Crippen LogP contribution in [0.15, 0.2) is 18.5 Å². The second-order valence-electron chi connectivity index (χ2n) is 4.62. The molecule has 2 rings (SSSR count). The molecule has 1 aliphatic carbocycles. The largest absolute Gasteiger partial charge is 0.357 e. The lowest BCUT2D eigenvalue weighted by molar-refractivity contribution is 0.517. The molecule has 0 N–H and O–H groups in total. The first-order valence-electron chi connectivity index (χ1n) is 4.71. The summed E-state index contributed by atoms with van der Waals surface area (Å²) in [7, 11) is 2.09. The van der Waals surface area contributed by atoms with Crippen molar-refractivity contribution in [3.05, 3.63) is 24.0 Å². The number of aromatic nitrogens is 1. The van der Waals surface area contributed by atoms with Gasteiger partial charge in [0.15, 0.2) is 0 Å². The van der Waals surface area contributed by atoms with E-state index < -0.39 is 0 Å². The SMILES string of the molecule is CC1C[C@]1(C)Cc1ccn(C)c1. The van der Waals surface area contributed by atoms with Gasteiger partial charge in [-0.15, -0.1) is 0 Å². The zero-order valence-electron chi connectivity index (χ0n) is 8.17. The molecule has 1 nitrogen and oxygen atoms in total. The maximum absolute atomic E-state index is 2.39. The van der Waals surface area contributed by atoms with Crippen molar-refractivity contribution >= 4 is 0 Å². The molecule has 1 unspecified atom stereocenters. The summed E-state index contributed by atoms with van der Waals surface area (Å²) < 4.78 is 2.13. The van der Waals surface area contributed by atoms with Crippen LogP contribution in [-0.4, -0.2) is 4.57 Å². The van der Waals surface area contributed by atoms with Gasteiger partial charge in [0.2, 0.25) is 0 Å². The summed E-state index contributed by atoms with van der Waals surface area (Å²) in [5.74, 6) is 0.928. The molecular weight excluding hydrogens is 146 g/mol. The number of hydrogen-bond acceptors (Lipinski definition) is 0. The molecule has 0 saturated heterocycles. The van der Waals surface area contributed by atoms with Crippen LogP contribution in [0.4, 0.5) is 0 Å². The highest BCUT2D eigenvalue weighted by Crippen LogP contribution is 2.53. The van der Waals surface area contributed by atoms with Crippen molar-refractivity contribution in [3.63, 3.8) is 0 Å². The van der Waals surface area contributed by atoms with Crippen molar-refractivity contribution in [3.8, 4) is 0 Å². The molecule has 0 radical (unpaired) electrons. The van der Waals surface area contributed by atoms with Gasteiger partial charge in [-0.25, -0.2) is 0 Å². The number of hydrogen-bond donors (Lipinski definition) is 0. The van der Waals surface area contributed by atoms with E-state index in [1.54, 1.807) is 0 Å². The van der Waals surface area contributed by atoms with Crippen LogP contribution in [0.25, 0.3) is 0 Å². The Morgan fingerprint density at radius 2 is 2.33 bits per heavy atom. The first-order valence-corrected chi connectivity index (χ1v) is 4.71. The molecule has 1 fully saturated rings. The molecule has 0 aliphatic heterocycles. The van der Waals surface area contributed by atoms with Gasteiger partial charge in [0.1, 0.15) is 0 Å². The molecule has 2 atom stereocenters. The predicted molar refractivity (Wildman–Crippen MR) is 51.0 cm³/mol. The zero-order chi connectivity index (χ0) is 8.77. The maximum Gasteiger partial charge on any atom is 0.0106 e. The molecule has 12 heavy (non-hydrogen) atoms. The Morgan fingerprint density at radius 3 is 2.75 bits per heavy atom. The van der Waals surface area contributed by atoms with E-state index in [1.807, 2.05) is 0 Å². The fraction of sp³-hybridized carbons (Fsp3) is 0.636. The van der Waals surface area contributed by atoms with Gasteiger partial charge in [0, 0.05) is 19.4 Å². The van der Waals surface area contributed by atoms with Crippen LogP contribution in [-0.2, 0) is 13.5 Å². The molecule has 0 bridgehead atoms. The van der Waals surface area contributed by atoms with E-state index in [9.17, 15) is 0 Å². The Labute approximate surface area is 74.4 Å². The summed E-state index contributed by atoms with van der Waals surface area (Å²) >= 11 is 0. The first kappa shape index (κ1) is 7.90. The Morgan fingerprint density at radius 1 is 1.67 bits per heavy atom. The topological polar surface area (TPSA) is 4.93 Å². The van der Waals surface area contributed by atoms with Crippen molar-refractivity contribution in [2.45, 2.75) is 26.7 Å². The third-order valence-corrected chi connectivity index (χ3v) is 3.30. The lowest BCUT2D eigenvalue weighted by Crippen LogP contribution is -2.00. The summed E-state index contributed by atoms with van der Waals surface area (Å²) in [6.45, 7) is 4.74. The molecule has 1 aromatic rings. The van der Waals surface area contributed by atoms with Gasteiger partial charge in [0.05, 0.1) is 0 Å². The Balaban J connectivity index is 2.05. The minimum absolute atomic E-state index is 0.612. The smallest absolute Gasteiger partial charge is 0.0106 e. The summed E-state index contributed by atoms with van der Waals surface area (Å²) in [6, 6.07) is 2.23. The highest BCUT2D eigenvalue weighted by Gasteiger charge is 2.46. The van der Waals surface area contributed by atoms with Crippen LogP contribution in [0.1, 0.15) is 25.8 Å². The Kier molecular flexibility index (Phi) is 1.57. The predicted octanol–water partition coefficient (Wildman–Crippen LogP) is 2.61. The summed E-state index contributed by atoms with van der Waals surface area (Å²) in [4.78, 5) is 0. The van der Waals surface area contributed by atoms with E-state index in [0.717, 1.165) is 5.92 Å². The van der Waals surface area contributed by atoms with Crippen LogP contribution in [0.3, 0.4) is 0 Å². The highest BCUT2D eigenvalue weighted by atomic mass is 14.9. The summed E-state index contributed by atoms with van der Waals surface area (Å²) in [6.07, 6.45) is 7.03. The third-order valence-electron chi connectivity index (χ3n) is 3.30. The molecule has 1 aliphatic rings. The van der Waals surface area contributed by atoms with E-state index in [-0.39, 0.29) is 0 Å². The Bertz CT molecular complexity index is 287. The molecule has 1 heteroatoms. The lowest BCUT2D eigenvalue weighted by atomic mass is 9.98. The molecule has 0 aromatic carbocycles. The van der Waals surface area contributed by atoms with Crippen LogP contribution >= 0.6 is 0 Å². The molecular formula is C11H17N. The van der Waals surface area contributed by atoms with Crippen LogP contribution in [0.5, 0.6) is 0 Å². The van der Waals surface area contributed by atoms with Crippen molar-refractivity contribution in [1.82, 2.24) is 4.57 Å². The lowest BCUT2D eigenvalue weighted by Gasteiger charge is -2.06.